The zero-order valence-electron chi connectivity index (χ0n) is 18.3. The van der Waals surface area contributed by atoms with E-state index in [0.29, 0.717) is 36.2 Å². The van der Waals surface area contributed by atoms with Gasteiger partial charge in [0.1, 0.15) is 17.3 Å². The molecule has 1 N–H and O–H groups in total. The summed E-state index contributed by atoms with van der Waals surface area (Å²) in [6.45, 7) is 3.09. The predicted octanol–water partition coefficient (Wildman–Crippen LogP) is 4.33. The molecule has 2 aliphatic heterocycles. The number of carbonyl (C=O) groups is 2. The highest BCUT2D eigenvalue weighted by Crippen LogP contribution is 2.35. The van der Waals surface area contributed by atoms with Crippen LogP contribution in [-0.4, -0.2) is 48.0 Å². The summed E-state index contributed by atoms with van der Waals surface area (Å²) in [6, 6.07) is 9.81. The lowest BCUT2D eigenvalue weighted by molar-refractivity contribution is -0.118. The normalized spacial score (nSPS) is 15.1. The second-order valence-corrected chi connectivity index (χ2v) is 8.82. The average molecular weight is 482 g/mol. The average Bonchev–Trinajstić information content (AvgIpc) is 2.79. The number of hydrogen-bond acceptors (Lipinski definition) is 5. The molecule has 0 spiro atoms. The van der Waals surface area contributed by atoms with Crippen molar-refractivity contribution in [1.29, 1.82) is 0 Å². The van der Waals surface area contributed by atoms with Crippen LogP contribution >= 0.6 is 11.6 Å². The maximum Gasteiger partial charge on any atom is 0.262 e. The number of benzene rings is 2. The number of anilines is 1. The van der Waals surface area contributed by atoms with Crippen molar-refractivity contribution in [1.82, 2.24) is 9.88 Å². The van der Waals surface area contributed by atoms with E-state index < -0.39 is 11.7 Å². The first-order valence-electron chi connectivity index (χ1n) is 10.8. The largest absolute Gasteiger partial charge is 0.493 e. The van der Waals surface area contributed by atoms with E-state index in [9.17, 15) is 14.0 Å². The summed E-state index contributed by atoms with van der Waals surface area (Å²) in [5.41, 5.74) is 3.03. The Bertz CT molecular complexity index is 1290. The van der Waals surface area contributed by atoms with Gasteiger partial charge >= 0.3 is 0 Å². The van der Waals surface area contributed by atoms with Crippen LogP contribution in [0.25, 0.3) is 11.1 Å². The third-order valence-electron chi connectivity index (χ3n) is 5.92. The zero-order valence-corrected chi connectivity index (χ0v) is 19.1. The molecule has 9 heteroatoms. The van der Waals surface area contributed by atoms with Crippen LogP contribution in [0.4, 0.5) is 10.1 Å². The molecule has 0 aliphatic carbocycles. The van der Waals surface area contributed by atoms with Crippen LogP contribution in [0.5, 0.6) is 11.5 Å². The topological polar surface area (TPSA) is 80.8 Å². The lowest BCUT2D eigenvalue weighted by Gasteiger charge is -2.39. The first-order valence-corrected chi connectivity index (χ1v) is 11.2. The Morgan fingerprint density at radius 3 is 2.88 bits per heavy atom. The standard InChI is InChI=1S/C25H21ClFN3O4/c1-14-4-5-28-9-19(14)17-6-16(26)2-3-22(17)33-12-15-10-30(11-15)25(32)18-7-21-23(8-20(18)27)34-13-24(31)29-21/h2-9,15H,10-13H2,1H3,(H,29,31). The minimum Gasteiger partial charge on any atom is -0.493 e. The van der Waals surface area contributed by atoms with Gasteiger partial charge in [0.25, 0.3) is 11.8 Å². The van der Waals surface area contributed by atoms with Crippen molar-refractivity contribution in [2.24, 2.45) is 5.92 Å². The number of nitrogens with one attached hydrogen (secondary N) is 1. The van der Waals surface area contributed by atoms with Crippen molar-refractivity contribution in [3.8, 4) is 22.6 Å². The number of rotatable bonds is 5. The first-order chi connectivity index (χ1) is 16.4. The number of halogens is 2. The lowest BCUT2D eigenvalue weighted by atomic mass is 9.99. The zero-order chi connectivity index (χ0) is 23.8. The monoisotopic (exact) mass is 481 g/mol. The number of aryl methyl sites for hydroxylation is 1. The van der Waals surface area contributed by atoms with Gasteiger partial charge in [-0.05, 0) is 42.8 Å². The number of aromatic nitrogens is 1. The number of pyridine rings is 1. The number of carbonyl (C=O) groups excluding carboxylic acids is 2. The van der Waals surface area contributed by atoms with Crippen LogP contribution in [0.2, 0.25) is 5.02 Å². The van der Waals surface area contributed by atoms with Crippen LogP contribution in [0.3, 0.4) is 0 Å². The van der Waals surface area contributed by atoms with E-state index in [2.05, 4.69) is 10.3 Å². The molecule has 1 saturated heterocycles. The Morgan fingerprint density at radius 2 is 2.09 bits per heavy atom. The van der Waals surface area contributed by atoms with Gasteiger partial charge in [-0.25, -0.2) is 4.39 Å². The minimum atomic E-state index is -0.683. The molecule has 7 nitrogen and oxygen atoms in total. The fraction of sp³-hybridized carbons (Fsp3) is 0.240. The number of hydrogen-bond donors (Lipinski definition) is 1. The summed E-state index contributed by atoms with van der Waals surface area (Å²) >= 11 is 6.22. The Balaban J connectivity index is 1.24. The van der Waals surface area contributed by atoms with Gasteiger partial charge in [-0.15, -0.1) is 0 Å². The molecule has 3 aromatic rings. The molecule has 0 saturated carbocycles. The van der Waals surface area contributed by atoms with Crippen molar-refractivity contribution in [3.63, 3.8) is 0 Å². The Kier molecular flexibility index (Phi) is 5.83. The molecule has 5 rings (SSSR count). The lowest BCUT2D eigenvalue weighted by Crippen LogP contribution is -2.52. The van der Waals surface area contributed by atoms with Gasteiger partial charge in [0.2, 0.25) is 0 Å². The summed E-state index contributed by atoms with van der Waals surface area (Å²) in [5.74, 6) is -0.465. The molecule has 2 aliphatic rings. The van der Waals surface area contributed by atoms with E-state index >= 15 is 0 Å². The van der Waals surface area contributed by atoms with Crippen molar-refractivity contribution < 1.29 is 23.5 Å². The van der Waals surface area contributed by atoms with E-state index in [1.165, 1.54) is 6.07 Å². The van der Waals surface area contributed by atoms with Gasteiger partial charge in [-0.3, -0.25) is 14.6 Å². The van der Waals surface area contributed by atoms with Gasteiger partial charge in [-0.2, -0.15) is 0 Å². The third-order valence-corrected chi connectivity index (χ3v) is 6.16. The van der Waals surface area contributed by atoms with E-state index in [4.69, 9.17) is 21.1 Å². The van der Waals surface area contributed by atoms with Crippen molar-refractivity contribution in [3.05, 3.63) is 70.8 Å². The molecule has 0 bridgehead atoms. The second kappa shape index (κ2) is 8.95. The SMILES string of the molecule is Cc1ccncc1-c1cc(Cl)ccc1OCC1CN(C(=O)c2cc3c(cc2F)OCC(=O)N3)C1. The number of ether oxygens (including phenoxy) is 2. The molecule has 174 valence electrons. The van der Waals surface area contributed by atoms with Crippen molar-refractivity contribution >= 4 is 29.1 Å². The molecule has 0 unspecified atom stereocenters. The van der Waals surface area contributed by atoms with Gasteiger partial charge in [0, 0.05) is 53.6 Å². The smallest absolute Gasteiger partial charge is 0.262 e. The summed E-state index contributed by atoms with van der Waals surface area (Å²) in [7, 11) is 0. The van der Waals surface area contributed by atoms with Gasteiger partial charge in [-0.1, -0.05) is 11.6 Å². The highest BCUT2D eigenvalue weighted by Gasteiger charge is 2.34. The van der Waals surface area contributed by atoms with Gasteiger partial charge < -0.3 is 19.7 Å². The van der Waals surface area contributed by atoms with E-state index in [1.807, 2.05) is 25.1 Å². The Morgan fingerprint density at radius 1 is 1.26 bits per heavy atom. The van der Waals surface area contributed by atoms with E-state index in [0.717, 1.165) is 22.8 Å². The molecular weight excluding hydrogens is 461 g/mol. The van der Waals surface area contributed by atoms with Crippen LogP contribution in [0.1, 0.15) is 15.9 Å². The molecule has 0 atom stereocenters. The molecule has 0 radical (unpaired) electrons. The highest BCUT2D eigenvalue weighted by molar-refractivity contribution is 6.31. The molecule has 2 amide bonds. The fourth-order valence-electron chi connectivity index (χ4n) is 4.07. The van der Waals surface area contributed by atoms with Crippen LogP contribution in [0.15, 0.2) is 48.8 Å². The van der Waals surface area contributed by atoms with E-state index in [1.54, 1.807) is 23.4 Å². The van der Waals surface area contributed by atoms with Crippen LogP contribution < -0.4 is 14.8 Å². The predicted molar refractivity (Wildman–Crippen MR) is 125 cm³/mol. The first kappa shape index (κ1) is 22.2. The highest BCUT2D eigenvalue weighted by atomic mass is 35.5. The molecule has 1 aromatic heterocycles. The fourth-order valence-corrected chi connectivity index (χ4v) is 4.24. The molecule has 2 aromatic carbocycles. The maximum absolute atomic E-state index is 14.5. The maximum atomic E-state index is 14.5. The molecule has 34 heavy (non-hydrogen) atoms. The van der Waals surface area contributed by atoms with Crippen molar-refractivity contribution in [2.45, 2.75) is 6.92 Å². The summed E-state index contributed by atoms with van der Waals surface area (Å²) < 4.78 is 25.8. The molecule has 1 fully saturated rings. The third kappa shape index (κ3) is 4.28. The number of nitrogens with zero attached hydrogens (tertiary/aromatic N) is 2. The Labute approximate surface area is 200 Å². The molecule has 3 heterocycles. The quantitative estimate of drug-likeness (QED) is 0.586. The van der Waals surface area contributed by atoms with Crippen molar-refractivity contribution in [2.75, 3.05) is 31.6 Å². The molecular formula is C25H21ClFN3O4. The second-order valence-electron chi connectivity index (χ2n) is 8.38. The number of fused-ring (bicyclic) bond motifs is 1. The summed E-state index contributed by atoms with van der Waals surface area (Å²) in [4.78, 5) is 30.1. The number of amides is 2. The van der Waals surface area contributed by atoms with Gasteiger partial charge in [0.05, 0.1) is 17.9 Å². The summed E-state index contributed by atoms with van der Waals surface area (Å²) in [5, 5.41) is 3.19. The van der Waals surface area contributed by atoms with Crippen LogP contribution in [0, 0.1) is 18.7 Å². The minimum absolute atomic E-state index is 0.101. The number of likely N-dealkylation sites (tertiary alicyclic amines) is 1. The summed E-state index contributed by atoms with van der Waals surface area (Å²) in [6.07, 6.45) is 3.51. The van der Waals surface area contributed by atoms with Gasteiger partial charge in [0.15, 0.2) is 6.61 Å². The van der Waals surface area contributed by atoms with Crippen LogP contribution in [-0.2, 0) is 4.79 Å². The van der Waals surface area contributed by atoms with E-state index in [-0.39, 0.29) is 29.7 Å². The Hall–Kier alpha value is -3.65.